The molecule has 1 aliphatic heterocycles. The Balaban J connectivity index is 0.880. The molecule has 360 valence electrons. The summed E-state index contributed by atoms with van der Waals surface area (Å²) in [5, 5.41) is 41.7. The van der Waals surface area contributed by atoms with E-state index in [2.05, 4.69) is 66.1 Å². The summed E-state index contributed by atoms with van der Waals surface area (Å²) in [5.74, 6) is -0.906. The largest absolute Gasteiger partial charge is 0.489 e. The molecule has 0 bridgehead atoms. The molecule has 0 unspecified atom stereocenters. The summed E-state index contributed by atoms with van der Waals surface area (Å²) < 4.78 is 12.0. The highest BCUT2D eigenvalue weighted by atomic mass is 35.5. The van der Waals surface area contributed by atoms with Crippen LogP contribution in [0.1, 0.15) is 101 Å². The minimum Gasteiger partial charge on any atom is -0.489 e. The number of hydrogen-bond donors (Lipinski definition) is 5. The molecule has 3 atom stereocenters. The molecule has 2 aliphatic rings. The lowest BCUT2D eigenvalue weighted by atomic mass is 9.49. The number of β-amino-alcohol motifs (C(OH)–C–C–N with tert-alkyl or cyclic N) is 1. The van der Waals surface area contributed by atoms with E-state index in [0.29, 0.717) is 40.7 Å². The molecule has 68 heavy (non-hydrogen) atoms. The van der Waals surface area contributed by atoms with Crippen LogP contribution in [0.25, 0.3) is 10.4 Å². The zero-order valence-electron chi connectivity index (χ0n) is 39.7. The van der Waals surface area contributed by atoms with E-state index >= 15 is 0 Å². The van der Waals surface area contributed by atoms with Crippen LogP contribution in [0.4, 0.5) is 5.69 Å². The minimum absolute atomic E-state index is 0.0338. The molecule has 1 aromatic heterocycles. The monoisotopic (exact) mass is 964 g/mol. The quantitative estimate of drug-likeness (QED) is 0.0591. The van der Waals surface area contributed by atoms with E-state index in [1.807, 2.05) is 57.2 Å². The zero-order chi connectivity index (χ0) is 49.4. The van der Waals surface area contributed by atoms with Crippen LogP contribution in [-0.2, 0) is 25.7 Å². The molecule has 5 N–H and O–H groups in total. The van der Waals surface area contributed by atoms with Gasteiger partial charge in [0.2, 0.25) is 17.7 Å². The Morgan fingerprint density at radius 3 is 2.32 bits per heavy atom. The van der Waals surface area contributed by atoms with Gasteiger partial charge in [0.25, 0.3) is 5.91 Å². The first-order chi connectivity index (χ1) is 32.2. The van der Waals surface area contributed by atoms with E-state index in [0.717, 1.165) is 41.0 Å². The molecule has 4 aromatic rings. The second-order valence-electron chi connectivity index (χ2n) is 19.7. The Bertz CT molecular complexity index is 2510. The lowest BCUT2D eigenvalue weighted by molar-refractivity contribution is -0.164. The molecule has 1 aliphatic carbocycles. The van der Waals surface area contributed by atoms with E-state index in [1.165, 1.54) is 16.2 Å². The Morgan fingerprint density at radius 1 is 0.971 bits per heavy atom. The fourth-order valence-corrected chi connectivity index (χ4v) is 10.3. The van der Waals surface area contributed by atoms with Gasteiger partial charge in [0.15, 0.2) is 5.69 Å². The number of thiazole rings is 1. The number of aliphatic hydroxyl groups is 1. The molecule has 4 amide bonds. The number of ether oxygens (including phenoxy) is 2. The van der Waals surface area contributed by atoms with Crippen LogP contribution in [0, 0.1) is 38.9 Å². The Labute approximate surface area is 407 Å². The maximum Gasteiger partial charge on any atom is 0.251 e. The fourth-order valence-electron chi connectivity index (χ4n) is 9.39. The molecule has 2 fully saturated rings. The highest BCUT2D eigenvalue weighted by Gasteiger charge is 2.64. The molecule has 1 saturated carbocycles. The number of carbonyl (C=O) groups is 4. The standard InChI is InChI=1S/C51H61ClN8O7S/c1-49(2,3)43(46(65)60-28-36(61)23-40(60)45(64)56-27-31-11-13-32(14-12-31)42-39(26-54)57-30-68-42)58-41(62)29-66-22-10-8-9-21-55-35-18-15-33(16-19-35)44(63)59-47-50(4,5)48(51(47,6)7)67-37-20-17-34(25-53)38(52)24-37/h11-20,24,30,36,40,43,47-48,55,61H,8-10,21-23,27-29H2,1-7H3,(H,56,64)(H,58,62)(H,59,63)/t36-,40+,43-,47-,48-/m1/s1. The highest BCUT2D eigenvalue weighted by Crippen LogP contribution is 2.55. The third-order valence-electron chi connectivity index (χ3n) is 12.7. The number of halogens is 1. The Hall–Kier alpha value is -6.04. The van der Waals surface area contributed by atoms with Gasteiger partial charge in [-0.3, -0.25) is 19.2 Å². The number of benzene rings is 3. The number of rotatable bonds is 19. The van der Waals surface area contributed by atoms with Crippen molar-refractivity contribution in [3.05, 3.63) is 99.6 Å². The number of amides is 4. The third-order valence-corrected chi connectivity index (χ3v) is 13.9. The van der Waals surface area contributed by atoms with Crippen LogP contribution in [0.15, 0.2) is 72.2 Å². The number of nitriles is 2. The number of aromatic nitrogens is 1. The van der Waals surface area contributed by atoms with Crippen LogP contribution in [-0.4, -0.2) is 95.3 Å². The predicted octanol–water partition coefficient (Wildman–Crippen LogP) is 7.23. The van der Waals surface area contributed by atoms with Crippen molar-refractivity contribution in [1.82, 2.24) is 25.8 Å². The molecule has 1 saturated heterocycles. The van der Waals surface area contributed by atoms with Gasteiger partial charge in [-0.1, -0.05) is 84.3 Å². The summed E-state index contributed by atoms with van der Waals surface area (Å²) in [7, 11) is 0. The second-order valence-corrected chi connectivity index (χ2v) is 21.0. The topological polar surface area (TPSA) is 219 Å². The number of carbonyl (C=O) groups excluding carboxylic acids is 4. The number of hydrogen-bond acceptors (Lipinski definition) is 12. The summed E-state index contributed by atoms with van der Waals surface area (Å²) in [4.78, 5) is 60.0. The smallest absolute Gasteiger partial charge is 0.251 e. The summed E-state index contributed by atoms with van der Waals surface area (Å²) in [6.07, 6.45) is 1.39. The third kappa shape index (κ3) is 12.2. The zero-order valence-corrected chi connectivity index (χ0v) is 41.2. The summed E-state index contributed by atoms with van der Waals surface area (Å²) in [6.45, 7) is 14.7. The van der Waals surface area contributed by atoms with Crippen LogP contribution in [0.3, 0.4) is 0 Å². The first kappa shape index (κ1) is 51.4. The lowest BCUT2D eigenvalue weighted by Crippen LogP contribution is -2.74. The van der Waals surface area contributed by atoms with E-state index in [-0.39, 0.29) is 55.0 Å². The van der Waals surface area contributed by atoms with Gasteiger partial charge in [-0.05, 0) is 72.2 Å². The van der Waals surface area contributed by atoms with Crippen molar-refractivity contribution in [2.45, 2.75) is 111 Å². The maximum atomic E-state index is 14.0. The SMILES string of the molecule is CC(C)(C)[C@H](NC(=O)COCCCCCNc1ccc(C(=O)N[C@H]2C(C)(C)[C@H](Oc3ccc(C#N)c(Cl)c3)C2(C)C)cc1)C(=O)N1C[C@H](O)C[C@H]1C(=O)NCc1ccc(-c2scnc2C#N)cc1. The van der Waals surface area contributed by atoms with Crippen molar-refractivity contribution < 1.29 is 33.8 Å². The van der Waals surface area contributed by atoms with E-state index in [4.69, 9.17) is 21.1 Å². The van der Waals surface area contributed by atoms with Crippen LogP contribution in [0.2, 0.25) is 5.02 Å². The van der Waals surface area contributed by atoms with Gasteiger partial charge in [-0.15, -0.1) is 11.3 Å². The fraction of sp³-hybridized carbons (Fsp3) is 0.471. The van der Waals surface area contributed by atoms with E-state index < -0.39 is 41.3 Å². The molecule has 3 aromatic carbocycles. The molecule has 6 rings (SSSR count). The van der Waals surface area contributed by atoms with E-state index in [1.54, 1.807) is 35.8 Å². The second kappa shape index (κ2) is 21.9. The summed E-state index contributed by atoms with van der Waals surface area (Å²) in [6, 6.07) is 21.9. The predicted molar refractivity (Wildman–Crippen MR) is 261 cm³/mol. The number of aliphatic hydroxyl groups excluding tert-OH is 1. The normalized spacial score (nSPS) is 19.7. The average molecular weight is 966 g/mol. The van der Waals surface area contributed by atoms with Gasteiger partial charge in [0, 0.05) is 66.9 Å². The van der Waals surface area contributed by atoms with Crippen molar-refractivity contribution >= 4 is 52.3 Å². The summed E-state index contributed by atoms with van der Waals surface area (Å²) >= 11 is 7.61. The van der Waals surface area contributed by atoms with Crippen LogP contribution in [0.5, 0.6) is 5.75 Å². The summed E-state index contributed by atoms with van der Waals surface area (Å²) in [5.41, 5.74) is 3.99. The van der Waals surface area contributed by atoms with Crippen molar-refractivity contribution in [2.24, 2.45) is 16.2 Å². The van der Waals surface area contributed by atoms with Gasteiger partial charge in [-0.2, -0.15) is 10.5 Å². The van der Waals surface area contributed by atoms with Gasteiger partial charge in [0.05, 0.1) is 27.1 Å². The number of nitrogens with zero attached hydrogens (tertiary/aromatic N) is 4. The highest BCUT2D eigenvalue weighted by molar-refractivity contribution is 7.13. The molecule has 0 spiro atoms. The first-order valence-corrected chi connectivity index (χ1v) is 24.1. The molecule has 17 heteroatoms. The maximum absolute atomic E-state index is 14.0. The number of unbranched alkanes of at least 4 members (excludes halogenated alkanes) is 2. The Kier molecular flexibility index (Phi) is 16.6. The molecular formula is C51H61ClN8O7S. The van der Waals surface area contributed by atoms with Gasteiger partial charge in [-0.25, -0.2) is 4.98 Å². The first-order valence-electron chi connectivity index (χ1n) is 22.8. The van der Waals surface area contributed by atoms with Gasteiger partial charge >= 0.3 is 0 Å². The van der Waals surface area contributed by atoms with Gasteiger partial charge < -0.3 is 40.7 Å². The van der Waals surface area contributed by atoms with E-state index in [9.17, 15) is 34.8 Å². The van der Waals surface area contributed by atoms with Crippen LogP contribution < -0.4 is 26.0 Å². The van der Waals surface area contributed by atoms with Gasteiger partial charge in [0.1, 0.15) is 42.7 Å². The number of nitrogens with one attached hydrogen (secondary N) is 4. The minimum atomic E-state index is -0.969. The van der Waals surface area contributed by atoms with Crippen molar-refractivity contribution in [3.8, 4) is 28.3 Å². The van der Waals surface area contributed by atoms with Crippen molar-refractivity contribution in [3.63, 3.8) is 0 Å². The van der Waals surface area contributed by atoms with Crippen molar-refractivity contribution in [2.75, 3.05) is 31.6 Å². The Morgan fingerprint density at radius 2 is 1.68 bits per heavy atom. The average Bonchev–Trinajstić information content (AvgIpc) is 3.95. The lowest BCUT2D eigenvalue weighted by Gasteiger charge is -2.63. The molecule has 0 radical (unpaired) electrons. The number of anilines is 1. The molecular weight excluding hydrogens is 904 g/mol. The molecule has 2 heterocycles. The molecule has 15 nitrogen and oxygen atoms in total. The van der Waals surface area contributed by atoms with Crippen LogP contribution >= 0.6 is 22.9 Å². The number of likely N-dealkylation sites (tertiary alicyclic amines) is 1. The van der Waals surface area contributed by atoms with Crippen molar-refractivity contribution in [1.29, 1.82) is 10.5 Å².